The number of carbonyl (C=O) groups is 1. The van der Waals surface area contributed by atoms with Gasteiger partial charge in [0, 0.05) is 31.6 Å². The summed E-state index contributed by atoms with van der Waals surface area (Å²) in [5, 5.41) is 0. The van der Waals surface area contributed by atoms with Crippen LogP contribution in [0.15, 0.2) is 18.2 Å². The van der Waals surface area contributed by atoms with Crippen LogP contribution in [0.3, 0.4) is 0 Å². The quantitative estimate of drug-likeness (QED) is 0.675. The number of carbonyl (C=O) groups excluding carboxylic acids is 1. The zero-order chi connectivity index (χ0) is 20.4. The maximum absolute atomic E-state index is 14.2. The minimum atomic E-state index is -4.14. The molecular weight excluding hydrogens is 376 g/mol. The van der Waals surface area contributed by atoms with E-state index in [9.17, 15) is 22.4 Å². The van der Waals surface area contributed by atoms with Crippen LogP contribution in [0.25, 0.3) is 0 Å². The van der Waals surface area contributed by atoms with Crippen LogP contribution in [0.1, 0.15) is 37.7 Å². The van der Waals surface area contributed by atoms with E-state index >= 15 is 0 Å². The number of rotatable bonds is 6. The first-order valence-electron chi connectivity index (χ1n) is 9.63. The molecular formula is C20H26F4N2O2. The van der Waals surface area contributed by atoms with Gasteiger partial charge in [-0.05, 0) is 57.0 Å². The van der Waals surface area contributed by atoms with E-state index in [4.69, 9.17) is 4.74 Å². The molecule has 1 atom stereocenters. The van der Waals surface area contributed by atoms with Gasteiger partial charge in [-0.25, -0.2) is 4.39 Å². The molecule has 1 unspecified atom stereocenters. The van der Waals surface area contributed by atoms with Crippen molar-refractivity contribution in [1.82, 2.24) is 9.80 Å². The van der Waals surface area contributed by atoms with Crippen LogP contribution < -0.4 is 4.74 Å². The Labute approximate surface area is 162 Å². The van der Waals surface area contributed by atoms with E-state index in [2.05, 4.69) is 0 Å². The summed E-state index contributed by atoms with van der Waals surface area (Å²) in [6.45, 7) is 2.20. The molecule has 28 heavy (non-hydrogen) atoms. The highest BCUT2D eigenvalue weighted by molar-refractivity contribution is 5.84. The van der Waals surface area contributed by atoms with Crippen molar-refractivity contribution >= 4 is 5.91 Å². The predicted molar refractivity (Wildman–Crippen MR) is 96.4 cm³/mol. The lowest BCUT2D eigenvalue weighted by Gasteiger charge is -2.39. The predicted octanol–water partition coefficient (Wildman–Crippen LogP) is 3.99. The van der Waals surface area contributed by atoms with E-state index < -0.39 is 18.0 Å². The summed E-state index contributed by atoms with van der Waals surface area (Å²) in [6.07, 6.45) is -2.70. The molecule has 4 nitrogen and oxygen atoms in total. The molecule has 0 saturated carbocycles. The molecule has 2 heterocycles. The Balaban J connectivity index is 1.63. The van der Waals surface area contributed by atoms with Crippen LogP contribution in [0.2, 0.25) is 0 Å². The number of likely N-dealkylation sites (tertiary alicyclic amines) is 2. The van der Waals surface area contributed by atoms with Crippen LogP contribution in [0.5, 0.6) is 5.75 Å². The third-order valence-electron chi connectivity index (χ3n) is 5.81. The van der Waals surface area contributed by atoms with Crippen molar-refractivity contribution in [3.05, 3.63) is 29.6 Å². The summed E-state index contributed by atoms with van der Waals surface area (Å²) in [6, 6.07) is 4.46. The number of alkyl halides is 3. The van der Waals surface area contributed by atoms with E-state index in [-0.39, 0.29) is 24.7 Å². The molecule has 2 aliphatic rings. The number of halogens is 4. The second kappa shape index (κ2) is 8.27. The molecule has 0 aliphatic carbocycles. The van der Waals surface area contributed by atoms with E-state index in [0.29, 0.717) is 43.9 Å². The van der Waals surface area contributed by atoms with Crippen LogP contribution in [-0.4, -0.2) is 55.2 Å². The molecule has 1 spiro atoms. The maximum atomic E-state index is 14.2. The van der Waals surface area contributed by atoms with E-state index in [1.165, 1.54) is 19.2 Å². The SMILES string of the molecule is COc1ccc(F)c(CN2CCCC3(CCN(CCCC(F)(F)F)C3)C2=O)c1. The lowest BCUT2D eigenvalue weighted by atomic mass is 9.78. The average molecular weight is 402 g/mol. The largest absolute Gasteiger partial charge is 0.497 e. The lowest BCUT2D eigenvalue weighted by Crippen LogP contribution is -2.49. The van der Waals surface area contributed by atoms with Gasteiger partial charge in [0.25, 0.3) is 0 Å². The van der Waals surface area contributed by atoms with Gasteiger partial charge in [0.2, 0.25) is 5.91 Å². The van der Waals surface area contributed by atoms with Gasteiger partial charge >= 0.3 is 6.18 Å². The first kappa shape index (κ1) is 20.9. The van der Waals surface area contributed by atoms with Crippen molar-refractivity contribution in [3.63, 3.8) is 0 Å². The number of piperidine rings is 1. The Hall–Kier alpha value is -1.83. The molecule has 3 rings (SSSR count). The van der Waals surface area contributed by atoms with Gasteiger partial charge in [-0.1, -0.05) is 0 Å². The Morgan fingerprint density at radius 2 is 2.00 bits per heavy atom. The number of amides is 1. The molecule has 1 aromatic carbocycles. The maximum Gasteiger partial charge on any atom is 0.389 e. The van der Waals surface area contributed by atoms with E-state index in [1.54, 1.807) is 11.0 Å². The highest BCUT2D eigenvalue weighted by Gasteiger charge is 2.48. The highest BCUT2D eigenvalue weighted by Crippen LogP contribution is 2.41. The molecule has 0 aromatic heterocycles. The summed E-state index contributed by atoms with van der Waals surface area (Å²) in [7, 11) is 1.50. The van der Waals surface area contributed by atoms with Gasteiger partial charge in [0.15, 0.2) is 0 Å². The normalized spacial score (nSPS) is 23.6. The van der Waals surface area contributed by atoms with E-state index in [1.807, 2.05) is 4.90 Å². The first-order valence-corrected chi connectivity index (χ1v) is 9.63. The third-order valence-corrected chi connectivity index (χ3v) is 5.81. The molecule has 8 heteroatoms. The molecule has 2 aliphatic heterocycles. The second-order valence-corrected chi connectivity index (χ2v) is 7.81. The summed E-state index contributed by atoms with van der Waals surface area (Å²) < 4.78 is 56.4. The van der Waals surface area contributed by atoms with Gasteiger partial charge in [-0.15, -0.1) is 0 Å². The van der Waals surface area contributed by atoms with Gasteiger partial charge in [-0.3, -0.25) is 4.79 Å². The molecule has 1 amide bonds. The number of hydrogen-bond donors (Lipinski definition) is 0. The standard InChI is InChI=1S/C20H26F4N2O2/c1-28-16-4-5-17(21)15(12-16)13-26-10-2-6-19(18(26)27)8-11-25(14-19)9-3-7-20(22,23)24/h4-5,12H,2-3,6-11,13-14H2,1H3. The number of benzene rings is 1. The van der Waals surface area contributed by atoms with Crippen molar-refractivity contribution in [2.75, 3.05) is 33.3 Å². The molecule has 0 radical (unpaired) electrons. The molecule has 2 saturated heterocycles. The zero-order valence-electron chi connectivity index (χ0n) is 16.0. The number of hydrogen-bond acceptors (Lipinski definition) is 3. The van der Waals surface area contributed by atoms with Crippen LogP contribution in [0, 0.1) is 11.2 Å². The zero-order valence-corrected chi connectivity index (χ0v) is 16.0. The van der Waals surface area contributed by atoms with Crippen LogP contribution in [-0.2, 0) is 11.3 Å². The van der Waals surface area contributed by atoms with Crippen molar-refractivity contribution in [2.45, 2.75) is 44.8 Å². The van der Waals surface area contributed by atoms with Crippen LogP contribution in [0.4, 0.5) is 17.6 Å². The number of ether oxygens (including phenoxy) is 1. The lowest BCUT2D eigenvalue weighted by molar-refractivity contribution is -0.146. The molecule has 156 valence electrons. The fraction of sp³-hybridized carbons (Fsp3) is 0.650. The summed E-state index contributed by atoms with van der Waals surface area (Å²) >= 11 is 0. The van der Waals surface area contributed by atoms with Crippen molar-refractivity contribution < 1.29 is 27.1 Å². The Morgan fingerprint density at radius 1 is 1.21 bits per heavy atom. The molecule has 0 bridgehead atoms. The fourth-order valence-corrected chi connectivity index (χ4v) is 4.34. The highest BCUT2D eigenvalue weighted by atomic mass is 19.4. The van der Waals surface area contributed by atoms with Gasteiger partial charge in [0.1, 0.15) is 11.6 Å². The van der Waals surface area contributed by atoms with E-state index in [0.717, 1.165) is 12.8 Å². The molecule has 2 fully saturated rings. The summed E-state index contributed by atoms with van der Waals surface area (Å²) in [5.41, 5.74) is -0.143. The number of nitrogens with zero attached hydrogens (tertiary/aromatic N) is 2. The number of methoxy groups -OCH3 is 1. The Morgan fingerprint density at radius 3 is 2.71 bits per heavy atom. The van der Waals surface area contributed by atoms with Gasteiger partial charge in [-0.2, -0.15) is 13.2 Å². The summed E-state index contributed by atoms with van der Waals surface area (Å²) in [5.74, 6) is 0.139. The Kier molecular flexibility index (Phi) is 6.17. The monoisotopic (exact) mass is 402 g/mol. The average Bonchev–Trinajstić information content (AvgIpc) is 3.04. The Bertz CT molecular complexity index is 710. The summed E-state index contributed by atoms with van der Waals surface area (Å²) in [4.78, 5) is 16.8. The second-order valence-electron chi connectivity index (χ2n) is 7.81. The first-order chi connectivity index (χ1) is 13.2. The van der Waals surface area contributed by atoms with Crippen molar-refractivity contribution in [2.24, 2.45) is 5.41 Å². The topological polar surface area (TPSA) is 32.8 Å². The minimum absolute atomic E-state index is 0.0145. The van der Waals surface area contributed by atoms with Crippen molar-refractivity contribution in [3.8, 4) is 5.75 Å². The van der Waals surface area contributed by atoms with Crippen LogP contribution >= 0.6 is 0 Å². The molecule has 1 aromatic rings. The van der Waals surface area contributed by atoms with Gasteiger partial charge < -0.3 is 14.5 Å². The van der Waals surface area contributed by atoms with Gasteiger partial charge in [0.05, 0.1) is 12.5 Å². The molecule has 0 N–H and O–H groups in total. The fourth-order valence-electron chi connectivity index (χ4n) is 4.34. The minimum Gasteiger partial charge on any atom is -0.497 e. The van der Waals surface area contributed by atoms with Crippen molar-refractivity contribution in [1.29, 1.82) is 0 Å². The smallest absolute Gasteiger partial charge is 0.389 e. The third kappa shape index (κ3) is 4.77.